The average Bonchev–Trinajstić information content (AvgIpc) is 1.80. The monoisotopic (exact) mass is 1350 g/mol. The van der Waals surface area contributed by atoms with Crippen LogP contribution in [0.1, 0.15) is 198 Å². The summed E-state index contributed by atoms with van der Waals surface area (Å²) in [7, 11) is -7.86. The quantitative estimate of drug-likeness (QED) is 0.00679. The molecule has 1 unspecified atom stereocenters. The summed E-state index contributed by atoms with van der Waals surface area (Å²) in [6, 6.07) is 0. The Morgan fingerprint density at radius 1 is 0.600 bits per heavy atom. The van der Waals surface area contributed by atoms with E-state index in [1.54, 1.807) is 50.1 Å². The Balaban J connectivity index is 0.000000704. The molecule has 32 heteroatoms. The van der Waals surface area contributed by atoms with Gasteiger partial charge in [-0.3, -0.25) is 28.3 Å². The number of nitrogen functional groups attached to an aromatic ring is 2. The van der Waals surface area contributed by atoms with Gasteiger partial charge in [-0.25, -0.2) is 40.1 Å². The zero-order valence-corrected chi connectivity index (χ0v) is 58.2. The highest BCUT2D eigenvalue weighted by Gasteiger charge is 2.56. The number of anilines is 2. The molecule has 4 aromatic heterocycles. The molecule has 6 rings (SSSR count). The Hall–Kier alpha value is -4.70. The van der Waals surface area contributed by atoms with Crippen LogP contribution in [0.5, 0.6) is 0 Å². The topological polar surface area (TPSA) is 432 Å². The standard InChI is InChI=1S/C29H50N7O6P.C10H17ClO2.C10H19ClO2.C9H14N5O4P.2H3N/c1-6-8-10-12-16-40-26(37)28(4,5)34-43(39,35-29(14-15-29)27(38)41-17-13-11-9-7-2)21-42-22(3)18-36-20-33-23-24(30)31-19-32-25(23)36;1-2-3-4-5-8-13-9(12)10(11)6-7-10;1-4-5-6-7-8-13-9(12)10(2,3)11;1-6(18-5-19(15,16)17)2-14-4-13-7-8(10)11-3-12-9(7)14;;/h19-20,22H,6-18,21H2,1-5H3,(H2,30,31,32)(H2,34,35,39);2-8H2,1H3;4-8H2,1-3H3;3-4,6H,2,5H2,1H3,(H2,10,11,12)(H2,15,16,17);2*1H3/t22-,43?;;;6-;;/m1..1../s1. The fourth-order valence-corrected chi connectivity index (χ4v) is 11.6. The van der Waals surface area contributed by atoms with Crippen molar-refractivity contribution in [2.45, 2.75) is 244 Å². The summed E-state index contributed by atoms with van der Waals surface area (Å²) in [5.41, 5.74) is 11.3. The second-order valence-corrected chi connectivity index (χ2v) is 28.9. The van der Waals surface area contributed by atoms with Crippen LogP contribution >= 0.6 is 38.2 Å². The Bertz CT molecular complexity index is 2790. The van der Waals surface area contributed by atoms with Crippen molar-refractivity contribution in [3.8, 4) is 0 Å². The molecule has 0 aliphatic heterocycles. The predicted molar refractivity (Wildman–Crippen MR) is 350 cm³/mol. The number of halogens is 2. The molecule has 3 atom stereocenters. The van der Waals surface area contributed by atoms with E-state index in [4.69, 9.17) is 72.9 Å². The molecule has 14 N–H and O–H groups in total. The average molecular weight is 1360 g/mol. The van der Waals surface area contributed by atoms with Crippen LogP contribution in [0, 0.1) is 0 Å². The molecule has 0 bridgehead atoms. The minimum absolute atomic E-state index is 0. The molecule has 2 fully saturated rings. The third kappa shape index (κ3) is 30.8. The summed E-state index contributed by atoms with van der Waals surface area (Å²) in [5.74, 6) is -0.937. The van der Waals surface area contributed by atoms with Crippen LogP contribution in [-0.2, 0) is 69.8 Å². The maximum absolute atomic E-state index is 14.5. The number of nitrogens with one attached hydrogen (secondary N) is 2. The summed E-state index contributed by atoms with van der Waals surface area (Å²) in [4.78, 5) is 88.9. The first-order valence-electron chi connectivity index (χ1n) is 30.8. The van der Waals surface area contributed by atoms with E-state index in [0.717, 1.165) is 89.9 Å². The fraction of sp³-hybridized carbons (Fsp3) is 0.759. The molecule has 28 nitrogen and oxygen atoms in total. The third-order valence-corrected chi connectivity index (χ3v) is 17.2. The van der Waals surface area contributed by atoms with Gasteiger partial charge in [0.2, 0.25) is 7.44 Å². The van der Waals surface area contributed by atoms with Gasteiger partial charge < -0.3 is 71.1 Å². The second-order valence-electron chi connectivity index (χ2n) is 23.4. The van der Waals surface area contributed by atoms with Gasteiger partial charge in [0.15, 0.2) is 22.9 Å². The lowest BCUT2D eigenvalue weighted by Gasteiger charge is -2.33. The van der Waals surface area contributed by atoms with E-state index in [1.807, 2.05) is 6.92 Å². The van der Waals surface area contributed by atoms with Crippen molar-refractivity contribution in [2.24, 2.45) is 0 Å². The van der Waals surface area contributed by atoms with E-state index >= 15 is 0 Å². The number of carbonyl (C=O) groups is 4. The number of aromatic nitrogens is 8. The van der Waals surface area contributed by atoms with Crippen LogP contribution < -0.4 is 33.9 Å². The first kappa shape index (κ1) is 83.3. The smallest absolute Gasteiger partial charge is 0.350 e. The minimum Gasteiger partial charge on any atom is -0.464 e. The first-order valence-corrected chi connectivity index (χ1v) is 35.3. The number of fused-ring (bicyclic) bond motifs is 2. The van der Waals surface area contributed by atoms with Gasteiger partial charge in [0.25, 0.3) is 0 Å². The summed E-state index contributed by atoms with van der Waals surface area (Å²) >= 11 is 11.6. The Morgan fingerprint density at radius 3 is 1.37 bits per heavy atom. The highest BCUT2D eigenvalue weighted by molar-refractivity contribution is 7.59. The van der Waals surface area contributed by atoms with Gasteiger partial charge in [-0.05, 0) is 92.9 Å². The number of unbranched alkanes of at least 4 members (excludes halogenated alkanes) is 12. The van der Waals surface area contributed by atoms with E-state index in [2.05, 4.69) is 67.8 Å². The number of nitrogens with two attached hydrogens (primary N) is 2. The number of ether oxygens (including phenoxy) is 6. The number of rotatable bonds is 38. The van der Waals surface area contributed by atoms with Gasteiger partial charge in [-0.1, -0.05) is 105 Å². The van der Waals surface area contributed by atoms with E-state index in [0.29, 0.717) is 68.1 Å². The number of hydrogen-bond donors (Lipinski definition) is 8. The van der Waals surface area contributed by atoms with E-state index in [9.17, 15) is 28.3 Å². The van der Waals surface area contributed by atoms with E-state index in [1.165, 1.54) is 44.7 Å². The summed E-state index contributed by atoms with van der Waals surface area (Å²) in [5, 5.41) is 6.05. The van der Waals surface area contributed by atoms with Gasteiger partial charge in [0, 0.05) is 0 Å². The number of imidazole rings is 2. The first-order chi connectivity index (χ1) is 41.5. The van der Waals surface area contributed by atoms with Gasteiger partial charge in [0.1, 0.15) is 57.2 Å². The van der Waals surface area contributed by atoms with Crippen molar-refractivity contribution >= 4 is 96.1 Å². The largest absolute Gasteiger partial charge is 0.464 e. The number of hydrogen-bond acceptors (Lipinski definition) is 22. The van der Waals surface area contributed by atoms with Gasteiger partial charge in [-0.15, -0.1) is 23.2 Å². The molecule has 2 saturated carbocycles. The lowest BCUT2D eigenvalue weighted by atomic mass is 10.1. The molecule has 4 heterocycles. The molecular formula is C58H106Cl2N14O14P2. The highest BCUT2D eigenvalue weighted by atomic mass is 35.5. The van der Waals surface area contributed by atoms with E-state index < -0.39 is 66.4 Å². The highest BCUT2D eigenvalue weighted by Crippen LogP contribution is 2.50. The maximum atomic E-state index is 14.5. The van der Waals surface area contributed by atoms with Crippen LogP contribution in [0.25, 0.3) is 22.3 Å². The van der Waals surface area contributed by atoms with Gasteiger partial charge in [0.05, 0.1) is 64.4 Å². The van der Waals surface area contributed by atoms with Crippen LogP contribution in [0.2, 0.25) is 0 Å². The number of esters is 4. The van der Waals surface area contributed by atoms with Crippen molar-refractivity contribution in [1.29, 1.82) is 0 Å². The lowest BCUT2D eigenvalue weighted by molar-refractivity contribution is -0.149. The minimum atomic E-state index is -4.16. The molecule has 2 aliphatic carbocycles. The van der Waals surface area contributed by atoms with Gasteiger partial charge in [-0.2, -0.15) is 0 Å². The van der Waals surface area contributed by atoms with Crippen LogP contribution in [0.3, 0.4) is 0 Å². The van der Waals surface area contributed by atoms with Crippen molar-refractivity contribution in [3.63, 3.8) is 0 Å². The molecule has 0 spiro atoms. The van der Waals surface area contributed by atoms with Crippen molar-refractivity contribution in [1.82, 2.24) is 61.5 Å². The van der Waals surface area contributed by atoms with Gasteiger partial charge >= 0.3 is 31.5 Å². The number of nitrogens with zero attached hydrogens (tertiary/aromatic N) is 8. The molecule has 2 aliphatic rings. The Kier molecular flexibility index (Phi) is 38.0. The Labute approximate surface area is 541 Å². The number of alkyl halides is 2. The molecule has 90 heavy (non-hydrogen) atoms. The summed E-state index contributed by atoms with van der Waals surface area (Å²) < 4.78 is 60.9. The maximum Gasteiger partial charge on any atom is 0.350 e. The van der Waals surface area contributed by atoms with Crippen molar-refractivity contribution in [2.75, 3.05) is 50.6 Å². The SMILES string of the molecule is CCCCCCOC(=O)C(C)(C)Cl.CCCCCCOC(=O)C(C)(C)NP(=O)(CO[C@H](C)Cn1cnc2c(N)ncnc21)NC1(C(=O)OCCCCCC)CC1.CCCCCCOC(=O)C1(Cl)CC1.C[C@H](Cn1cnc2c(N)ncnc21)OCP(=O)(O)O.N.N. The zero-order chi connectivity index (χ0) is 65.6. The lowest BCUT2D eigenvalue weighted by Crippen LogP contribution is -2.51. The van der Waals surface area contributed by atoms with E-state index in [-0.39, 0.29) is 48.8 Å². The van der Waals surface area contributed by atoms with Crippen molar-refractivity contribution < 1.29 is 66.5 Å². The molecule has 0 radical (unpaired) electrons. The molecule has 0 amide bonds. The zero-order valence-electron chi connectivity index (χ0n) is 54.9. The fourth-order valence-electron chi connectivity index (χ4n) is 8.31. The Morgan fingerprint density at radius 2 is 0.989 bits per heavy atom. The second kappa shape index (κ2) is 41.1. The molecule has 516 valence electrons. The predicted octanol–water partition coefficient (Wildman–Crippen LogP) is 11.0. The summed E-state index contributed by atoms with van der Waals surface area (Å²) in [6.07, 6.45) is 23.4. The molecule has 0 aromatic carbocycles. The third-order valence-electron chi connectivity index (χ3n) is 13.8. The van der Waals surface area contributed by atoms with Crippen molar-refractivity contribution in [3.05, 3.63) is 25.3 Å². The molecular weight excluding hydrogens is 1250 g/mol. The summed E-state index contributed by atoms with van der Waals surface area (Å²) in [6.45, 7) is 20.9. The molecule has 0 saturated heterocycles. The number of carbonyl (C=O) groups excluding carboxylic acids is 4. The molecule has 4 aromatic rings. The van der Waals surface area contributed by atoms with Crippen LogP contribution in [0.4, 0.5) is 11.6 Å². The van der Waals surface area contributed by atoms with Crippen LogP contribution in [0.15, 0.2) is 25.3 Å². The normalized spacial score (nSPS) is 15.1. The van der Waals surface area contributed by atoms with Crippen LogP contribution in [-0.4, -0.2) is 145 Å².